The minimum atomic E-state index is -0.705. The Morgan fingerprint density at radius 3 is 2.61 bits per heavy atom. The van der Waals surface area contributed by atoms with E-state index in [4.69, 9.17) is 0 Å². The molecule has 1 aromatic heterocycles. The Morgan fingerprint density at radius 1 is 1.14 bits per heavy atom. The van der Waals surface area contributed by atoms with E-state index < -0.39 is 17.9 Å². The first-order valence-corrected chi connectivity index (χ1v) is 9.85. The molecule has 3 atom stereocenters. The van der Waals surface area contributed by atoms with Crippen molar-refractivity contribution in [1.29, 1.82) is 0 Å². The van der Waals surface area contributed by atoms with Gasteiger partial charge in [-0.15, -0.1) is 0 Å². The second kappa shape index (κ2) is 8.19. The van der Waals surface area contributed by atoms with Gasteiger partial charge in [-0.3, -0.25) is 9.59 Å². The molecule has 1 saturated carbocycles. The number of rotatable bonds is 6. The van der Waals surface area contributed by atoms with E-state index >= 15 is 0 Å². The smallest absolute Gasteiger partial charge is 0.252 e. The summed E-state index contributed by atoms with van der Waals surface area (Å²) < 4.78 is 13.4. The molecule has 1 amide bonds. The second-order valence-corrected chi connectivity index (χ2v) is 7.67. The van der Waals surface area contributed by atoms with Gasteiger partial charge in [0.2, 0.25) is 5.95 Å². The van der Waals surface area contributed by atoms with Gasteiger partial charge in [-0.1, -0.05) is 30.3 Å². The molecular weight excluding hydrogens is 357 g/mol. The van der Waals surface area contributed by atoms with Crippen LogP contribution in [0.25, 0.3) is 0 Å². The first-order valence-electron chi connectivity index (χ1n) is 9.85. The lowest BCUT2D eigenvalue weighted by atomic mass is 9.85. The first kappa shape index (κ1) is 18.7. The van der Waals surface area contributed by atoms with Crippen LogP contribution in [0.15, 0.2) is 48.7 Å². The summed E-state index contributed by atoms with van der Waals surface area (Å²) in [4.78, 5) is 29.5. The summed E-state index contributed by atoms with van der Waals surface area (Å²) in [5.74, 6) is -0.756. The van der Waals surface area contributed by atoms with Crippen molar-refractivity contribution in [3.8, 4) is 0 Å². The van der Waals surface area contributed by atoms with Gasteiger partial charge in [0.1, 0.15) is 0 Å². The molecule has 1 aromatic carbocycles. The highest BCUT2D eigenvalue weighted by molar-refractivity contribution is 5.99. The molecule has 0 bridgehead atoms. The van der Waals surface area contributed by atoms with E-state index in [2.05, 4.69) is 27.8 Å². The number of pyridine rings is 1. The lowest BCUT2D eigenvalue weighted by molar-refractivity contribution is -0.123. The Morgan fingerprint density at radius 2 is 1.89 bits per heavy atom. The molecule has 2 fully saturated rings. The molecule has 5 nitrogen and oxygen atoms in total. The zero-order chi connectivity index (χ0) is 19.5. The molecular formula is C22H24FN3O2. The van der Waals surface area contributed by atoms with E-state index in [1.165, 1.54) is 17.8 Å². The van der Waals surface area contributed by atoms with Crippen LogP contribution in [0.3, 0.4) is 0 Å². The summed E-state index contributed by atoms with van der Waals surface area (Å²) in [6, 6.07) is 12.1. The molecule has 2 N–H and O–H groups in total. The monoisotopic (exact) mass is 381 g/mol. The molecule has 0 radical (unpaired) electrons. The lowest BCUT2D eigenvalue weighted by Crippen LogP contribution is -2.49. The van der Waals surface area contributed by atoms with Crippen molar-refractivity contribution in [3.05, 3.63) is 65.7 Å². The van der Waals surface area contributed by atoms with E-state index in [0.717, 1.165) is 38.4 Å². The van der Waals surface area contributed by atoms with Gasteiger partial charge >= 0.3 is 0 Å². The number of Topliss-reactive ketones (excluding diaryl/α,β-unsaturated/α-hetero) is 1. The number of hydrogen-bond donors (Lipinski definition) is 2. The van der Waals surface area contributed by atoms with Crippen molar-refractivity contribution in [1.82, 2.24) is 15.6 Å². The Balaban J connectivity index is 1.50. The molecule has 4 rings (SSSR count). The number of carbonyl (C=O) groups excluding carboxylic acids is 2. The van der Waals surface area contributed by atoms with E-state index in [0.29, 0.717) is 0 Å². The third-order valence-electron chi connectivity index (χ3n) is 5.82. The van der Waals surface area contributed by atoms with Gasteiger partial charge in [0.25, 0.3) is 5.91 Å². The maximum Gasteiger partial charge on any atom is 0.252 e. The van der Waals surface area contributed by atoms with Crippen LogP contribution in [0.4, 0.5) is 4.39 Å². The summed E-state index contributed by atoms with van der Waals surface area (Å²) in [6.07, 6.45) is 3.76. The van der Waals surface area contributed by atoms with Gasteiger partial charge in [0.05, 0.1) is 6.04 Å². The molecule has 2 heterocycles. The van der Waals surface area contributed by atoms with Gasteiger partial charge in [-0.25, -0.2) is 4.98 Å². The average molecular weight is 381 g/mol. The Bertz CT molecular complexity index is 852. The normalized spacial score (nSPS) is 23.0. The van der Waals surface area contributed by atoms with E-state index in [1.54, 1.807) is 0 Å². The van der Waals surface area contributed by atoms with Crippen molar-refractivity contribution in [2.75, 3.05) is 13.1 Å². The number of carbonyl (C=O) groups is 2. The molecule has 3 unspecified atom stereocenters. The molecule has 6 heteroatoms. The number of piperidine rings is 1. The summed E-state index contributed by atoms with van der Waals surface area (Å²) in [5.41, 5.74) is 1.36. The first-order chi connectivity index (χ1) is 13.6. The van der Waals surface area contributed by atoms with Crippen LogP contribution in [0.5, 0.6) is 0 Å². The average Bonchev–Trinajstić information content (AvgIpc) is 3.54. The lowest BCUT2D eigenvalue weighted by Gasteiger charge is -2.30. The van der Waals surface area contributed by atoms with E-state index in [-0.39, 0.29) is 29.1 Å². The molecule has 1 aliphatic carbocycles. The summed E-state index contributed by atoms with van der Waals surface area (Å²) >= 11 is 0. The van der Waals surface area contributed by atoms with Gasteiger partial charge in [0.15, 0.2) is 5.78 Å². The fraction of sp³-hybridized carbons (Fsp3) is 0.409. The molecule has 1 saturated heterocycles. The summed E-state index contributed by atoms with van der Waals surface area (Å²) in [5, 5.41) is 6.21. The molecule has 0 spiro atoms. The third-order valence-corrected chi connectivity index (χ3v) is 5.82. The third kappa shape index (κ3) is 4.12. The number of hydrogen-bond acceptors (Lipinski definition) is 4. The van der Waals surface area contributed by atoms with Crippen LogP contribution in [0.2, 0.25) is 0 Å². The second-order valence-electron chi connectivity index (χ2n) is 7.67. The van der Waals surface area contributed by atoms with E-state index in [9.17, 15) is 14.0 Å². The Kier molecular flexibility index (Phi) is 5.48. The van der Waals surface area contributed by atoms with Crippen molar-refractivity contribution in [2.24, 2.45) is 11.8 Å². The van der Waals surface area contributed by atoms with Gasteiger partial charge in [-0.05, 0) is 55.8 Å². The van der Waals surface area contributed by atoms with Crippen molar-refractivity contribution in [2.45, 2.75) is 31.2 Å². The highest BCUT2D eigenvalue weighted by atomic mass is 19.1. The topological polar surface area (TPSA) is 71.1 Å². The van der Waals surface area contributed by atoms with Crippen molar-refractivity contribution >= 4 is 11.7 Å². The predicted octanol–water partition coefficient (Wildman–Crippen LogP) is 2.69. The quantitative estimate of drug-likeness (QED) is 0.755. The van der Waals surface area contributed by atoms with Crippen LogP contribution >= 0.6 is 0 Å². The summed E-state index contributed by atoms with van der Waals surface area (Å²) in [6.45, 7) is 1.67. The van der Waals surface area contributed by atoms with Crippen LogP contribution in [-0.2, 0) is 4.79 Å². The van der Waals surface area contributed by atoms with Crippen LogP contribution in [0, 0.1) is 17.8 Å². The van der Waals surface area contributed by atoms with Crippen molar-refractivity contribution < 1.29 is 14.0 Å². The SMILES string of the molecule is O=C(NC(C(=O)C1CC1c1ccccc1)C1CCNCC1)c1ccnc(F)c1. The zero-order valence-electron chi connectivity index (χ0n) is 15.6. The number of benzene rings is 1. The Hall–Kier alpha value is -2.60. The van der Waals surface area contributed by atoms with Gasteiger partial charge in [0, 0.05) is 23.7 Å². The zero-order valence-corrected chi connectivity index (χ0v) is 15.6. The highest BCUT2D eigenvalue weighted by Crippen LogP contribution is 2.49. The molecule has 2 aliphatic rings. The minimum absolute atomic E-state index is 0.0586. The maximum atomic E-state index is 13.4. The van der Waals surface area contributed by atoms with Crippen molar-refractivity contribution in [3.63, 3.8) is 0 Å². The maximum absolute atomic E-state index is 13.4. The number of amides is 1. The van der Waals surface area contributed by atoms with Crippen LogP contribution in [-0.4, -0.2) is 35.8 Å². The number of ketones is 1. The molecule has 1 aliphatic heterocycles. The minimum Gasteiger partial charge on any atom is -0.342 e. The molecule has 146 valence electrons. The highest BCUT2D eigenvalue weighted by Gasteiger charge is 2.48. The van der Waals surface area contributed by atoms with Crippen LogP contribution < -0.4 is 10.6 Å². The number of aromatic nitrogens is 1. The predicted molar refractivity (Wildman–Crippen MR) is 103 cm³/mol. The fourth-order valence-electron chi connectivity index (χ4n) is 4.18. The summed E-state index contributed by atoms with van der Waals surface area (Å²) in [7, 11) is 0. The largest absolute Gasteiger partial charge is 0.342 e. The number of halogens is 1. The molecule has 2 aromatic rings. The Labute approximate surface area is 163 Å². The number of nitrogens with zero attached hydrogens (tertiary/aromatic N) is 1. The van der Waals surface area contributed by atoms with Gasteiger partial charge < -0.3 is 10.6 Å². The van der Waals surface area contributed by atoms with Gasteiger partial charge in [-0.2, -0.15) is 4.39 Å². The standard InChI is InChI=1S/C22H24FN3O2/c23-19-12-16(8-11-25-19)22(28)26-20(15-6-9-24-10-7-15)21(27)18-13-17(18)14-4-2-1-3-5-14/h1-5,8,11-12,15,17-18,20,24H,6-7,9-10,13H2,(H,26,28). The fourth-order valence-corrected chi connectivity index (χ4v) is 4.18. The van der Waals surface area contributed by atoms with E-state index in [1.807, 2.05) is 18.2 Å². The number of nitrogens with one attached hydrogen (secondary N) is 2. The molecule has 28 heavy (non-hydrogen) atoms. The van der Waals surface area contributed by atoms with Crippen LogP contribution in [0.1, 0.15) is 41.1 Å².